The molecule has 0 amide bonds. The highest BCUT2D eigenvalue weighted by Crippen LogP contribution is 2.48. The summed E-state index contributed by atoms with van der Waals surface area (Å²) in [5.74, 6) is 1.07. The van der Waals surface area contributed by atoms with Crippen molar-refractivity contribution in [1.29, 1.82) is 0 Å². The summed E-state index contributed by atoms with van der Waals surface area (Å²) in [6, 6.07) is 0. The Hall–Kier alpha value is -1.78. The number of hydrogen-bond acceptors (Lipinski definition) is 4. The molecule has 5 nitrogen and oxygen atoms in total. The van der Waals surface area contributed by atoms with Gasteiger partial charge in [0.05, 0.1) is 17.6 Å². The van der Waals surface area contributed by atoms with E-state index in [1.165, 1.54) is 26.4 Å². The van der Waals surface area contributed by atoms with Crippen molar-refractivity contribution < 1.29 is 14.4 Å². The average molecular weight is 335 g/mol. The maximum Gasteiger partial charge on any atom is 0.318 e. The number of methoxy groups -OCH3 is 1. The standard InChI is InChI=1S/C19H29NO4/c1-6-7-8-9-11-19(4)12-10-15-16(20(21)22)18(23-5)14(3)13(2)17(15)24-19/h6-12H2,1-5H3. The first-order chi connectivity index (χ1) is 11.3. The summed E-state index contributed by atoms with van der Waals surface area (Å²) >= 11 is 0. The third-order valence-electron chi connectivity index (χ3n) is 5.22. The molecular formula is C19H29NO4. The van der Waals surface area contributed by atoms with Crippen LogP contribution in [0.1, 0.15) is 69.1 Å². The van der Waals surface area contributed by atoms with Gasteiger partial charge in [0, 0.05) is 5.56 Å². The number of nitro benzene ring substituents is 1. The molecule has 1 aromatic rings. The van der Waals surface area contributed by atoms with Crippen LogP contribution < -0.4 is 9.47 Å². The fourth-order valence-electron chi connectivity index (χ4n) is 3.59. The summed E-state index contributed by atoms with van der Waals surface area (Å²) in [6.07, 6.45) is 7.26. The number of nitro groups is 1. The molecule has 0 fully saturated rings. The lowest BCUT2D eigenvalue weighted by atomic mass is 9.85. The molecule has 0 spiro atoms. The van der Waals surface area contributed by atoms with E-state index in [0.29, 0.717) is 23.5 Å². The average Bonchev–Trinajstić information content (AvgIpc) is 2.55. The summed E-state index contributed by atoms with van der Waals surface area (Å²) in [5, 5.41) is 11.6. The van der Waals surface area contributed by atoms with Crippen LogP contribution in [-0.4, -0.2) is 17.6 Å². The van der Waals surface area contributed by atoms with E-state index < -0.39 is 0 Å². The van der Waals surface area contributed by atoms with Gasteiger partial charge < -0.3 is 9.47 Å². The van der Waals surface area contributed by atoms with E-state index in [1.807, 2.05) is 13.8 Å². The van der Waals surface area contributed by atoms with Crippen molar-refractivity contribution in [2.75, 3.05) is 7.11 Å². The molecule has 0 N–H and O–H groups in total. The summed E-state index contributed by atoms with van der Waals surface area (Å²) in [6.45, 7) is 8.15. The minimum absolute atomic E-state index is 0.0728. The van der Waals surface area contributed by atoms with Crippen LogP contribution >= 0.6 is 0 Å². The number of hydrogen-bond donors (Lipinski definition) is 0. The van der Waals surface area contributed by atoms with Crippen LogP contribution in [-0.2, 0) is 6.42 Å². The van der Waals surface area contributed by atoms with Gasteiger partial charge in [-0.3, -0.25) is 10.1 Å². The van der Waals surface area contributed by atoms with Gasteiger partial charge in [0.25, 0.3) is 0 Å². The Labute approximate surface area is 144 Å². The van der Waals surface area contributed by atoms with E-state index in [0.717, 1.165) is 30.4 Å². The second kappa shape index (κ2) is 7.41. The van der Waals surface area contributed by atoms with Crippen molar-refractivity contribution >= 4 is 5.69 Å². The zero-order valence-electron chi connectivity index (χ0n) is 15.5. The second-order valence-electron chi connectivity index (χ2n) is 7.06. The first-order valence-electron chi connectivity index (χ1n) is 8.88. The molecule has 0 bridgehead atoms. The van der Waals surface area contributed by atoms with Crippen molar-refractivity contribution in [3.05, 3.63) is 26.8 Å². The Bertz CT molecular complexity index is 627. The number of fused-ring (bicyclic) bond motifs is 1. The lowest BCUT2D eigenvalue weighted by molar-refractivity contribution is -0.386. The quantitative estimate of drug-likeness (QED) is 0.386. The van der Waals surface area contributed by atoms with Crippen LogP contribution in [0.2, 0.25) is 0 Å². The molecule has 0 saturated heterocycles. The highest BCUT2D eigenvalue weighted by atomic mass is 16.6. The molecule has 1 aliphatic rings. The smallest absolute Gasteiger partial charge is 0.318 e. The molecule has 134 valence electrons. The Morgan fingerprint density at radius 2 is 1.96 bits per heavy atom. The van der Waals surface area contributed by atoms with Crippen LogP contribution in [0.3, 0.4) is 0 Å². The fourth-order valence-corrected chi connectivity index (χ4v) is 3.59. The lowest BCUT2D eigenvalue weighted by Gasteiger charge is -2.37. The molecule has 0 aromatic heterocycles. The van der Waals surface area contributed by atoms with Gasteiger partial charge in [0.2, 0.25) is 5.75 Å². The molecule has 24 heavy (non-hydrogen) atoms. The van der Waals surface area contributed by atoms with E-state index in [-0.39, 0.29) is 16.2 Å². The fraction of sp³-hybridized carbons (Fsp3) is 0.684. The van der Waals surface area contributed by atoms with E-state index in [1.54, 1.807) is 0 Å². The van der Waals surface area contributed by atoms with Gasteiger partial charge in [0.15, 0.2) is 0 Å². The molecule has 1 aliphatic heterocycles. The first-order valence-corrected chi connectivity index (χ1v) is 8.88. The maximum atomic E-state index is 11.6. The molecule has 1 heterocycles. The largest absolute Gasteiger partial charge is 0.490 e. The Kier molecular flexibility index (Phi) is 5.73. The Morgan fingerprint density at radius 3 is 2.54 bits per heavy atom. The van der Waals surface area contributed by atoms with Crippen molar-refractivity contribution in [1.82, 2.24) is 0 Å². The predicted octanol–water partition coefficient (Wildman–Crippen LogP) is 5.27. The maximum absolute atomic E-state index is 11.6. The molecule has 1 aromatic carbocycles. The molecule has 5 heteroatoms. The van der Waals surface area contributed by atoms with Crippen molar-refractivity contribution in [2.24, 2.45) is 0 Å². The summed E-state index contributed by atoms with van der Waals surface area (Å²) in [7, 11) is 1.49. The third kappa shape index (κ3) is 3.50. The van der Waals surface area contributed by atoms with Gasteiger partial charge in [-0.15, -0.1) is 0 Å². The predicted molar refractivity (Wildman–Crippen MR) is 95.2 cm³/mol. The highest BCUT2D eigenvalue weighted by molar-refractivity contribution is 5.67. The van der Waals surface area contributed by atoms with Crippen LogP contribution in [0.15, 0.2) is 0 Å². The van der Waals surface area contributed by atoms with Crippen LogP contribution in [0, 0.1) is 24.0 Å². The van der Waals surface area contributed by atoms with Gasteiger partial charge in [-0.25, -0.2) is 0 Å². The van der Waals surface area contributed by atoms with Crippen LogP contribution in [0.25, 0.3) is 0 Å². The van der Waals surface area contributed by atoms with Crippen LogP contribution in [0.4, 0.5) is 5.69 Å². The molecule has 0 saturated carbocycles. The van der Waals surface area contributed by atoms with Gasteiger partial charge in [-0.2, -0.15) is 0 Å². The number of ether oxygens (including phenoxy) is 2. The topological polar surface area (TPSA) is 61.6 Å². The monoisotopic (exact) mass is 335 g/mol. The normalized spacial score (nSPS) is 19.5. The van der Waals surface area contributed by atoms with Crippen molar-refractivity contribution in [3.63, 3.8) is 0 Å². The third-order valence-corrected chi connectivity index (χ3v) is 5.22. The summed E-state index contributed by atoms with van der Waals surface area (Å²) in [4.78, 5) is 11.3. The molecule has 2 rings (SSSR count). The minimum Gasteiger partial charge on any atom is -0.490 e. The minimum atomic E-state index is -0.336. The van der Waals surface area contributed by atoms with E-state index in [4.69, 9.17) is 9.47 Å². The highest BCUT2D eigenvalue weighted by Gasteiger charge is 2.38. The zero-order valence-corrected chi connectivity index (χ0v) is 15.5. The lowest BCUT2D eigenvalue weighted by Crippen LogP contribution is -2.37. The molecule has 0 radical (unpaired) electrons. The van der Waals surface area contributed by atoms with E-state index in [9.17, 15) is 10.1 Å². The van der Waals surface area contributed by atoms with Crippen LogP contribution in [0.5, 0.6) is 11.5 Å². The Morgan fingerprint density at radius 1 is 1.25 bits per heavy atom. The van der Waals surface area contributed by atoms with Gasteiger partial charge >= 0.3 is 5.69 Å². The van der Waals surface area contributed by atoms with Gasteiger partial charge in [-0.05, 0) is 52.0 Å². The number of nitrogens with zero attached hydrogens (tertiary/aromatic N) is 1. The Balaban J connectivity index is 2.36. The first kappa shape index (κ1) is 18.6. The molecule has 0 aliphatic carbocycles. The van der Waals surface area contributed by atoms with Gasteiger partial charge in [0.1, 0.15) is 11.4 Å². The van der Waals surface area contributed by atoms with Gasteiger partial charge in [-0.1, -0.05) is 26.2 Å². The summed E-state index contributed by atoms with van der Waals surface area (Å²) in [5.41, 5.74) is 2.26. The van der Waals surface area contributed by atoms with Crippen molar-refractivity contribution in [3.8, 4) is 11.5 Å². The van der Waals surface area contributed by atoms with E-state index >= 15 is 0 Å². The molecular weight excluding hydrogens is 306 g/mol. The number of benzene rings is 1. The van der Waals surface area contributed by atoms with Crippen molar-refractivity contribution in [2.45, 2.75) is 78.2 Å². The number of unbranched alkanes of at least 4 members (excludes halogenated alkanes) is 3. The molecule has 1 atom stereocenters. The van der Waals surface area contributed by atoms with E-state index in [2.05, 4.69) is 13.8 Å². The molecule has 1 unspecified atom stereocenters. The summed E-state index contributed by atoms with van der Waals surface area (Å²) < 4.78 is 11.7. The number of rotatable bonds is 7. The SMILES string of the molecule is CCCCCCC1(C)CCc2c(c(C)c(C)c(OC)c2[N+](=O)[O-])O1. The zero-order chi connectivity index (χ0) is 17.9. The second-order valence-corrected chi connectivity index (χ2v) is 7.06.